The number of nitrogens with zero attached hydrogens (tertiary/aromatic N) is 3. The summed E-state index contributed by atoms with van der Waals surface area (Å²) in [6, 6.07) is 0. The Bertz CT molecular complexity index is 437. The lowest BCUT2D eigenvalue weighted by atomic mass is 10.8. The zero-order valence-corrected chi connectivity index (χ0v) is 8.09. The standard InChI is InChI=1S/C5H7F3N4O2S/c6-5(7,8)15(13,14)2-1-12-10-3-4(9)11-12/h3H,1-2H2,(H2,9,11). The molecule has 0 amide bonds. The van der Waals surface area contributed by atoms with Crippen LogP contribution in [0, 0.1) is 0 Å². The van der Waals surface area contributed by atoms with Crippen molar-refractivity contribution in [3.63, 3.8) is 0 Å². The quantitative estimate of drug-likeness (QED) is 0.794. The largest absolute Gasteiger partial charge is 0.497 e. The van der Waals surface area contributed by atoms with Crippen LogP contribution in [0.25, 0.3) is 0 Å². The van der Waals surface area contributed by atoms with Crippen LogP contribution in [0.2, 0.25) is 0 Å². The molecule has 1 rings (SSSR count). The fraction of sp³-hybridized carbons (Fsp3) is 0.600. The van der Waals surface area contributed by atoms with Crippen LogP contribution >= 0.6 is 0 Å². The van der Waals surface area contributed by atoms with E-state index >= 15 is 0 Å². The molecular weight excluding hydrogens is 237 g/mol. The Kier molecular flexibility index (Phi) is 2.88. The van der Waals surface area contributed by atoms with E-state index in [2.05, 4.69) is 10.2 Å². The van der Waals surface area contributed by atoms with Gasteiger partial charge in [-0.2, -0.15) is 23.1 Å². The highest BCUT2D eigenvalue weighted by Gasteiger charge is 2.45. The maximum atomic E-state index is 11.9. The first-order chi connectivity index (χ1) is 6.72. The van der Waals surface area contributed by atoms with Crippen LogP contribution in [0.5, 0.6) is 0 Å². The summed E-state index contributed by atoms with van der Waals surface area (Å²) in [6.45, 7) is -0.487. The van der Waals surface area contributed by atoms with Crippen molar-refractivity contribution >= 4 is 15.7 Å². The molecule has 0 atom stereocenters. The number of alkyl halides is 3. The van der Waals surface area contributed by atoms with Crippen LogP contribution in [0.4, 0.5) is 19.0 Å². The number of nitrogens with two attached hydrogens (primary N) is 1. The average molecular weight is 244 g/mol. The summed E-state index contributed by atoms with van der Waals surface area (Å²) < 4.78 is 56.9. The smallest absolute Gasteiger partial charge is 0.381 e. The molecule has 0 spiro atoms. The molecule has 1 aromatic rings. The number of anilines is 1. The molecule has 1 aromatic heterocycles. The van der Waals surface area contributed by atoms with Crippen molar-refractivity contribution in [1.82, 2.24) is 15.0 Å². The number of aryl methyl sites for hydroxylation is 1. The van der Waals surface area contributed by atoms with Crippen LogP contribution in [0.15, 0.2) is 6.20 Å². The third kappa shape index (κ3) is 2.81. The lowest BCUT2D eigenvalue weighted by Crippen LogP contribution is -2.28. The highest BCUT2D eigenvalue weighted by Crippen LogP contribution is 2.23. The maximum Gasteiger partial charge on any atom is 0.497 e. The number of sulfone groups is 1. The molecule has 10 heteroatoms. The molecule has 2 N–H and O–H groups in total. The van der Waals surface area contributed by atoms with E-state index < -0.39 is 27.6 Å². The molecule has 0 saturated carbocycles. The minimum Gasteiger partial charge on any atom is -0.381 e. The second kappa shape index (κ2) is 3.68. The first-order valence-corrected chi connectivity index (χ1v) is 5.32. The van der Waals surface area contributed by atoms with E-state index in [1.54, 1.807) is 0 Å². The SMILES string of the molecule is Nc1cnn(CCS(=O)(=O)C(F)(F)F)n1. The van der Waals surface area contributed by atoms with Crippen molar-refractivity contribution in [2.75, 3.05) is 11.5 Å². The number of rotatable bonds is 3. The van der Waals surface area contributed by atoms with Crippen LogP contribution in [0.3, 0.4) is 0 Å². The van der Waals surface area contributed by atoms with Gasteiger partial charge in [0.15, 0.2) is 5.82 Å². The molecule has 0 unspecified atom stereocenters. The lowest BCUT2D eigenvalue weighted by Gasteiger charge is -2.06. The zero-order chi connectivity index (χ0) is 11.7. The van der Waals surface area contributed by atoms with Crippen LogP contribution in [-0.4, -0.2) is 34.7 Å². The monoisotopic (exact) mass is 244 g/mol. The molecule has 0 saturated heterocycles. The second-order valence-electron chi connectivity index (χ2n) is 2.63. The van der Waals surface area contributed by atoms with E-state index in [0.29, 0.717) is 0 Å². The molecule has 0 aliphatic rings. The van der Waals surface area contributed by atoms with E-state index in [-0.39, 0.29) is 5.82 Å². The van der Waals surface area contributed by atoms with Gasteiger partial charge < -0.3 is 5.73 Å². The molecule has 0 aliphatic carbocycles. The van der Waals surface area contributed by atoms with Gasteiger partial charge in [-0.1, -0.05) is 0 Å². The van der Waals surface area contributed by atoms with Gasteiger partial charge in [0.1, 0.15) is 0 Å². The normalized spacial score (nSPS) is 13.0. The van der Waals surface area contributed by atoms with Gasteiger partial charge in [-0.15, -0.1) is 5.10 Å². The highest BCUT2D eigenvalue weighted by molar-refractivity contribution is 7.92. The number of nitrogen functional groups attached to an aromatic ring is 1. The Morgan fingerprint density at radius 3 is 2.47 bits per heavy atom. The first kappa shape index (κ1) is 11.8. The fourth-order valence-corrected chi connectivity index (χ4v) is 1.37. The third-order valence-electron chi connectivity index (χ3n) is 1.47. The van der Waals surface area contributed by atoms with Gasteiger partial charge in [0.2, 0.25) is 9.84 Å². The Labute approximate surface area is 82.8 Å². The summed E-state index contributed by atoms with van der Waals surface area (Å²) in [7, 11) is -5.13. The predicted molar refractivity (Wildman–Crippen MR) is 44.3 cm³/mol. The Morgan fingerprint density at radius 2 is 2.07 bits per heavy atom. The van der Waals surface area contributed by atoms with E-state index in [1.165, 1.54) is 0 Å². The van der Waals surface area contributed by atoms with E-state index in [0.717, 1.165) is 11.0 Å². The molecule has 0 radical (unpaired) electrons. The van der Waals surface area contributed by atoms with E-state index in [4.69, 9.17) is 5.73 Å². The van der Waals surface area contributed by atoms with Crippen molar-refractivity contribution in [2.24, 2.45) is 0 Å². The summed E-state index contributed by atoms with van der Waals surface area (Å²) >= 11 is 0. The number of halogens is 3. The van der Waals surface area contributed by atoms with Crippen molar-refractivity contribution in [1.29, 1.82) is 0 Å². The Balaban J connectivity index is 2.66. The van der Waals surface area contributed by atoms with Crippen LogP contribution < -0.4 is 5.73 Å². The van der Waals surface area contributed by atoms with Gasteiger partial charge in [-0.05, 0) is 0 Å². The second-order valence-corrected chi connectivity index (χ2v) is 4.73. The van der Waals surface area contributed by atoms with E-state index in [9.17, 15) is 21.6 Å². The van der Waals surface area contributed by atoms with Gasteiger partial charge >= 0.3 is 5.51 Å². The fourth-order valence-electron chi connectivity index (χ4n) is 0.736. The van der Waals surface area contributed by atoms with Crippen LogP contribution in [-0.2, 0) is 16.4 Å². The number of hydrogen-bond donors (Lipinski definition) is 1. The first-order valence-electron chi connectivity index (χ1n) is 3.67. The molecule has 15 heavy (non-hydrogen) atoms. The summed E-state index contributed by atoms with van der Waals surface area (Å²) in [5, 5.41) is 6.90. The van der Waals surface area contributed by atoms with Gasteiger partial charge in [0.05, 0.1) is 18.5 Å². The molecule has 6 nitrogen and oxygen atoms in total. The van der Waals surface area contributed by atoms with Crippen molar-refractivity contribution in [2.45, 2.75) is 12.1 Å². The number of aromatic nitrogens is 3. The Hall–Kier alpha value is -1.32. The summed E-state index contributed by atoms with van der Waals surface area (Å²) in [4.78, 5) is 0.790. The van der Waals surface area contributed by atoms with Crippen molar-refractivity contribution in [3.8, 4) is 0 Å². The molecular formula is C5H7F3N4O2S. The molecule has 0 bridgehead atoms. The van der Waals surface area contributed by atoms with Gasteiger partial charge in [-0.25, -0.2) is 8.42 Å². The summed E-state index contributed by atoms with van der Waals surface area (Å²) in [5.41, 5.74) is -0.107. The third-order valence-corrected chi connectivity index (χ3v) is 2.89. The molecule has 0 fully saturated rings. The summed E-state index contributed by atoms with van der Waals surface area (Å²) in [5.74, 6) is -1.09. The van der Waals surface area contributed by atoms with Gasteiger partial charge in [0, 0.05) is 0 Å². The number of hydrogen-bond acceptors (Lipinski definition) is 5. The minimum absolute atomic E-state index is 0.0133. The Morgan fingerprint density at radius 1 is 1.47 bits per heavy atom. The average Bonchev–Trinajstić information content (AvgIpc) is 2.46. The zero-order valence-electron chi connectivity index (χ0n) is 7.27. The molecule has 86 valence electrons. The highest BCUT2D eigenvalue weighted by atomic mass is 32.2. The predicted octanol–water partition coefficient (Wildman–Crippen LogP) is -0.205. The van der Waals surface area contributed by atoms with E-state index in [1.807, 2.05) is 0 Å². The van der Waals surface area contributed by atoms with Gasteiger partial charge in [-0.3, -0.25) is 0 Å². The topological polar surface area (TPSA) is 90.9 Å². The molecule has 1 heterocycles. The molecule has 0 aromatic carbocycles. The van der Waals surface area contributed by atoms with Crippen LogP contribution in [0.1, 0.15) is 0 Å². The lowest BCUT2D eigenvalue weighted by molar-refractivity contribution is -0.0436. The van der Waals surface area contributed by atoms with Crippen molar-refractivity contribution in [3.05, 3.63) is 6.20 Å². The van der Waals surface area contributed by atoms with Gasteiger partial charge in [0.25, 0.3) is 0 Å². The minimum atomic E-state index is -5.24. The maximum absolute atomic E-state index is 11.9. The van der Waals surface area contributed by atoms with Crippen molar-refractivity contribution < 1.29 is 21.6 Å². The summed E-state index contributed by atoms with van der Waals surface area (Å²) in [6.07, 6.45) is 1.11. The molecule has 0 aliphatic heterocycles.